The van der Waals surface area contributed by atoms with Crippen molar-refractivity contribution >= 4 is 47.3 Å². The highest BCUT2D eigenvalue weighted by molar-refractivity contribution is 5.95. The van der Waals surface area contributed by atoms with Gasteiger partial charge in [-0.2, -0.15) is 0 Å². The molecule has 0 unspecified atom stereocenters. The number of carbonyl (C=O) groups excluding carboxylic acids is 8. The van der Waals surface area contributed by atoms with Crippen molar-refractivity contribution in [1.29, 1.82) is 0 Å². The molecule has 0 saturated heterocycles. The molecule has 74 heavy (non-hydrogen) atoms. The molecule has 0 aliphatic carbocycles. The maximum atomic E-state index is 13.8. The zero-order chi connectivity index (χ0) is 54.4. The normalized spacial score (nSPS) is 13.6. The number of hydrogen-bond donors (Lipinski definition) is 12. The van der Waals surface area contributed by atoms with Crippen molar-refractivity contribution in [2.75, 3.05) is 26.2 Å². The molecule has 0 aromatic heterocycles. The third kappa shape index (κ3) is 28.3. The van der Waals surface area contributed by atoms with Crippen LogP contribution < -0.4 is 66.3 Å². The molecule has 412 valence electrons. The highest BCUT2D eigenvalue weighted by Gasteiger charge is 2.31. The largest absolute Gasteiger partial charge is 0.368 e. The van der Waals surface area contributed by atoms with Crippen molar-refractivity contribution in [3.8, 4) is 0 Å². The standard InChI is InChI=1S/C54H88N12O8/c55-33-19-15-27-41(49(59)69)63-53(73)45(37-39-23-9-7-10-24-39)65-51(71)43(29-17-21-35-57)61-47(67)31-13-5-3-1-2-4-6-14-32-48(68)62-44(30-18-22-36-58)52(72)66-46(38-40-25-11-8-12-26-40)54(74)64-42(50(60)70)28-16-20-34-56/h1-2,7-12,23-26,41-46H,3-6,13-22,27-38,55-58H2,(H2,59,69)(H2,60,70)(H,61,67)(H,62,68)(H,63,73)(H,64,74)(H,65,71)(H,66,72)/b2-1+/t41-,42-,43-,44-,45-,46-/m0/s1. The summed E-state index contributed by atoms with van der Waals surface area (Å²) in [4.78, 5) is 105. The Hall–Kier alpha value is -6.22. The number of allylic oxidation sites excluding steroid dienone is 2. The Labute approximate surface area is 438 Å². The lowest BCUT2D eigenvalue weighted by Gasteiger charge is -2.25. The minimum Gasteiger partial charge on any atom is -0.368 e. The number of nitrogens with one attached hydrogen (secondary N) is 6. The van der Waals surface area contributed by atoms with E-state index in [0.717, 1.165) is 36.8 Å². The van der Waals surface area contributed by atoms with Gasteiger partial charge < -0.3 is 66.3 Å². The van der Waals surface area contributed by atoms with Crippen LogP contribution in [0.5, 0.6) is 0 Å². The second-order valence-electron chi connectivity index (χ2n) is 18.8. The van der Waals surface area contributed by atoms with Crippen LogP contribution in [-0.4, -0.2) is 110 Å². The van der Waals surface area contributed by atoms with Gasteiger partial charge in [-0.15, -0.1) is 0 Å². The molecule has 0 radical (unpaired) electrons. The summed E-state index contributed by atoms with van der Waals surface area (Å²) in [5, 5.41) is 16.8. The molecule has 0 saturated carbocycles. The molecular formula is C54H88N12O8. The molecule has 18 N–H and O–H groups in total. The Kier molecular flexibility index (Phi) is 33.9. The molecule has 6 atom stereocenters. The maximum absolute atomic E-state index is 13.8. The Morgan fingerprint density at radius 3 is 0.973 bits per heavy atom. The quantitative estimate of drug-likeness (QED) is 0.0333. The van der Waals surface area contributed by atoms with E-state index in [1.807, 2.05) is 72.8 Å². The topological polar surface area (TPSA) is 365 Å². The van der Waals surface area contributed by atoms with Gasteiger partial charge in [-0.25, -0.2) is 0 Å². The van der Waals surface area contributed by atoms with E-state index >= 15 is 0 Å². The monoisotopic (exact) mass is 1030 g/mol. The summed E-state index contributed by atoms with van der Waals surface area (Å²) in [5.41, 5.74) is 35.4. The van der Waals surface area contributed by atoms with Crippen molar-refractivity contribution in [2.24, 2.45) is 34.4 Å². The molecule has 0 spiro atoms. The molecule has 2 aromatic rings. The summed E-state index contributed by atoms with van der Waals surface area (Å²) in [5.74, 6) is -4.12. The predicted octanol–water partition coefficient (Wildman–Crippen LogP) is 1.54. The van der Waals surface area contributed by atoms with E-state index in [2.05, 4.69) is 31.9 Å². The molecular weight excluding hydrogens is 945 g/mol. The number of benzene rings is 2. The fourth-order valence-electron chi connectivity index (χ4n) is 8.15. The van der Waals surface area contributed by atoms with E-state index in [4.69, 9.17) is 34.4 Å². The zero-order valence-corrected chi connectivity index (χ0v) is 43.5. The SMILES string of the molecule is NCCCC[C@H](NC(=O)[C@H](Cc1ccccc1)NC(=O)[C@H](CCCCN)NC(=O)CCCC/C=C/CCCCC(=O)N[C@@H](CCCCN)C(=O)N[C@@H](Cc1ccccc1)C(=O)N[C@@H](CCCCN)C(N)=O)C(N)=O. The molecule has 8 amide bonds. The van der Waals surface area contributed by atoms with Gasteiger partial charge in [-0.05, 0) is 153 Å². The van der Waals surface area contributed by atoms with E-state index in [1.165, 1.54) is 0 Å². The first-order valence-corrected chi connectivity index (χ1v) is 26.6. The van der Waals surface area contributed by atoms with Crippen molar-refractivity contribution in [3.05, 3.63) is 83.9 Å². The number of carbonyl (C=O) groups is 8. The average Bonchev–Trinajstić information content (AvgIpc) is 3.38. The van der Waals surface area contributed by atoms with Gasteiger partial charge in [-0.1, -0.05) is 72.8 Å². The number of rotatable bonds is 42. The summed E-state index contributed by atoms with van der Waals surface area (Å²) in [6, 6.07) is 12.5. The predicted molar refractivity (Wildman–Crippen MR) is 288 cm³/mol. The molecule has 0 bridgehead atoms. The molecule has 0 aliphatic rings. The summed E-state index contributed by atoms with van der Waals surface area (Å²) in [6.45, 7) is 1.70. The van der Waals surface area contributed by atoms with Gasteiger partial charge >= 0.3 is 0 Å². The molecule has 0 heterocycles. The van der Waals surface area contributed by atoms with Crippen molar-refractivity contribution in [3.63, 3.8) is 0 Å². The third-order valence-corrected chi connectivity index (χ3v) is 12.5. The number of unbranched alkanes of at least 4 members (excludes halogenated alkanes) is 8. The van der Waals surface area contributed by atoms with Crippen LogP contribution in [0.3, 0.4) is 0 Å². The lowest BCUT2D eigenvalue weighted by molar-refractivity contribution is -0.133. The third-order valence-electron chi connectivity index (χ3n) is 12.5. The highest BCUT2D eigenvalue weighted by Crippen LogP contribution is 2.12. The first kappa shape index (κ1) is 63.9. The minimum absolute atomic E-state index is 0.149. The first-order chi connectivity index (χ1) is 35.7. The fourth-order valence-corrected chi connectivity index (χ4v) is 8.15. The maximum Gasteiger partial charge on any atom is 0.243 e. The molecule has 2 rings (SSSR count). The van der Waals surface area contributed by atoms with Gasteiger partial charge in [-0.3, -0.25) is 38.4 Å². The molecule has 20 nitrogen and oxygen atoms in total. The Balaban J connectivity index is 1.91. The summed E-state index contributed by atoms with van der Waals surface area (Å²) < 4.78 is 0. The van der Waals surface area contributed by atoms with E-state index in [0.29, 0.717) is 116 Å². The van der Waals surface area contributed by atoms with Gasteiger partial charge in [0, 0.05) is 25.7 Å². The fraction of sp³-hybridized carbons (Fsp3) is 0.593. The first-order valence-electron chi connectivity index (χ1n) is 26.6. The van der Waals surface area contributed by atoms with Crippen LogP contribution in [0.4, 0.5) is 0 Å². The number of nitrogens with two attached hydrogens (primary N) is 6. The van der Waals surface area contributed by atoms with Gasteiger partial charge in [0.15, 0.2) is 0 Å². The lowest BCUT2D eigenvalue weighted by Crippen LogP contribution is -2.57. The average molecular weight is 1030 g/mol. The van der Waals surface area contributed by atoms with Gasteiger partial charge in [0.1, 0.15) is 36.3 Å². The molecule has 20 heteroatoms. The van der Waals surface area contributed by atoms with Crippen LogP contribution in [0.2, 0.25) is 0 Å². The number of hydrogen-bond acceptors (Lipinski definition) is 12. The smallest absolute Gasteiger partial charge is 0.243 e. The molecule has 2 aromatic carbocycles. The van der Waals surface area contributed by atoms with Crippen LogP contribution in [0.25, 0.3) is 0 Å². The Morgan fingerprint density at radius 1 is 0.365 bits per heavy atom. The number of amides is 8. The summed E-state index contributed by atoms with van der Waals surface area (Å²) >= 11 is 0. The summed E-state index contributed by atoms with van der Waals surface area (Å²) in [7, 11) is 0. The van der Waals surface area contributed by atoms with Crippen molar-refractivity contribution in [2.45, 2.75) is 178 Å². The van der Waals surface area contributed by atoms with Crippen LogP contribution in [0.15, 0.2) is 72.8 Å². The van der Waals surface area contributed by atoms with Crippen LogP contribution in [-0.2, 0) is 51.2 Å². The molecule has 0 aliphatic heterocycles. The second-order valence-corrected chi connectivity index (χ2v) is 18.8. The highest BCUT2D eigenvalue weighted by atomic mass is 16.2. The Bertz CT molecular complexity index is 1850. The minimum atomic E-state index is -1.04. The Morgan fingerprint density at radius 2 is 0.662 bits per heavy atom. The zero-order valence-electron chi connectivity index (χ0n) is 43.5. The van der Waals surface area contributed by atoms with E-state index in [1.54, 1.807) is 0 Å². The molecule has 0 fully saturated rings. The number of primary amides is 2. The van der Waals surface area contributed by atoms with Crippen LogP contribution in [0, 0.1) is 0 Å². The van der Waals surface area contributed by atoms with E-state index < -0.39 is 71.7 Å². The van der Waals surface area contributed by atoms with E-state index in [9.17, 15) is 38.4 Å². The van der Waals surface area contributed by atoms with Gasteiger partial charge in [0.05, 0.1) is 0 Å². The summed E-state index contributed by atoms with van der Waals surface area (Å²) in [6.07, 6.45) is 15.0. The van der Waals surface area contributed by atoms with Crippen molar-refractivity contribution < 1.29 is 38.4 Å². The van der Waals surface area contributed by atoms with Crippen LogP contribution >= 0.6 is 0 Å². The van der Waals surface area contributed by atoms with Crippen LogP contribution in [0.1, 0.15) is 140 Å². The van der Waals surface area contributed by atoms with Crippen molar-refractivity contribution in [1.82, 2.24) is 31.9 Å². The van der Waals surface area contributed by atoms with Gasteiger partial charge in [0.2, 0.25) is 47.3 Å². The second kappa shape index (κ2) is 39.3. The lowest BCUT2D eigenvalue weighted by atomic mass is 10.0. The van der Waals surface area contributed by atoms with Gasteiger partial charge in [0.25, 0.3) is 0 Å². The van der Waals surface area contributed by atoms with E-state index in [-0.39, 0.29) is 37.5 Å².